The van der Waals surface area contributed by atoms with Crippen molar-refractivity contribution in [3.8, 4) is 0 Å². The average molecular weight is 222 g/mol. The van der Waals surface area contributed by atoms with Gasteiger partial charge in [0.1, 0.15) is 0 Å². The highest BCUT2D eigenvalue weighted by Crippen LogP contribution is 2.12. The van der Waals surface area contributed by atoms with Crippen molar-refractivity contribution in [1.29, 1.82) is 0 Å². The highest BCUT2D eigenvalue weighted by molar-refractivity contribution is 7.11. The van der Waals surface area contributed by atoms with Crippen LogP contribution in [-0.4, -0.2) is 15.0 Å². The maximum atomic E-state index is 4.31. The van der Waals surface area contributed by atoms with Gasteiger partial charge in [-0.05, 0) is 6.42 Å². The zero-order valence-electron chi connectivity index (χ0n) is 8.66. The fourth-order valence-corrected chi connectivity index (χ4v) is 2.13. The zero-order chi connectivity index (χ0) is 10.5. The van der Waals surface area contributed by atoms with Gasteiger partial charge in [0.25, 0.3) is 0 Å². The predicted octanol–water partition coefficient (Wildman–Crippen LogP) is 1.72. The van der Waals surface area contributed by atoms with Crippen molar-refractivity contribution in [2.45, 2.75) is 26.4 Å². The summed E-state index contributed by atoms with van der Waals surface area (Å²) in [6, 6.07) is 0. The average Bonchev–Trinajstić information content (AvgIpc) is 2.88. The zero-order valence-corrected chi connectivity index (χ0v) is 9.47. The number of aryl methyl sites for hydroxylation is 1. The second-order valence-corrected chi connectivity index (χ2v) is 4.45. The predicted molar refractivity (Wildman–Crippen MR) is 60.6 cm³/mol. The van der Waals surface area contributed by atoms with Crippen LogP contribution in [-0.2, 0) is 19.5 Å². The molecule has 5 heteroatoms. The molecule has 0 radical (unpaired) electrons. The molecule has 0 unspecified atom stereocenters. The van der Waals surface area contributed by atoms with Gasteiger partial charge in [-0.25, -0.2) is 9.97 Å². The third-order valence-corrected chi connectivity index (χ3v) is 3.22. The molecule has 0 amide bonds. The number of nitrogens with zero attached hydrogens (tertiary/aromatic N) is 2. The van der Waals surface area contributed by atoms with Gasteiger partial charge in [0.05, 0.1) is 11.3 Å². The molecule has 4 nitrogen and oxygen atoms in total. The number of thiazole rings is 1. The standard InChI is InChI=1S/C10H14N4S/c1-2-10-13-6-9(15-10)5-11-3-8-4-12-7-14-8/h4,6-7,11H,2-3,5H2,1H3,(H,12,14). The Hall–Kier alpha value is -1.20. The number of hydrogen-bond acceptors (Lipinski definition) is 4. The second kappa shape index (κ2) is 5.04. The van der Waals surface area contributed by atoms with Crippen LogP contribution in [0.2, 0.25) is 0 Å². The lowest BCUT2D eigenvalue weighted by Gasteiger charge is -1.99. The summed E-state index contributed by atoms with van der Waals surface area (Å²) < 4.78 is 0. The van der Waals surface area contributed by atoms with Crippen molar-refractivity contribution in [1.82, 2.24) is 20.3 Å². The first-order chi connectivity index (χ1) is 7.38. The van der Waals surface area contributed by atoms with Crippen molar-refractivity contribution >= 4 is 11.3 Å². The summed E-state index contributed by atoms with van der Waals surface area (Å²) in [5.41, 5.74) is 1.11. The molecule has 0 saturated carbocycles. The summed E-state index contributed by atoms with van der Waals surface area (Å²) in [6.07, 6.45) is 6.49. The molecule has 0 aromatic carbocycles. The van der Waals surface area contributed by atoms with Crippen LogP contribution in [0.5, 0.6) is 0 Å². The van der Waals surface area contributed by atoms with Gasteiger partial charge in [-0.1, -0.05) is 6.92 Å². The number of aromatic amines is 1. The van der Waals surface area contributed by atoms with E-state index in [-0.39, 0.29) is 0 Å². The van der Waals surface area contributed by atoms with E-state index in [0.29, 0.717) is 0 Å². The topological polar surface area (TPSA) is 53.6 Å². The summed E-state index contributed by atoms with van der Waals surface area (Å²) in [5.74, 6) is 0. The quantitative estimate of drug-likeness (QED) is 0.810. The van der Waals surface area contributed by atoms with E-state index in [1.807, 2.05) is 12.4 Å². The van der Waals surface area contributed by atoms with E-state index in [1.54, 1.807) is 17.7 Å². The molecule has 0 aliphatic carbocycles. The second-order valence-electron chi connectivity index (χ2n) is 3.25. The molecule has 2 aromatic rings. The van der Waals surface area contributed by atoms with Crippen molar-refractivity contribution in [2.75, 3.05) is 0 Å². The van der Waals surface area contributed by atoms with Gasteiger partial charge in [0, 0.05) is 36.1 Å². The van der Waals surface area contributed by atoms with E-state index in [2.05, 4.69) is 27.2 Å². The Morgan fingerprint density at radius 2 is 2.33 bits per heavy atom. The summed E-state index contributed by atoms with van der Waals surface area (Å²) in [7, 11) is 0. The van der Waals surface area contributed by atoms with Crippen LogP contribution in [0.4, 0.5) is 0 Å². The van der Waals surface area contributed by atoms with Crippen LogP contribution in [0, 0.1) is 0 Å². The lowest BCUT2D eigenvalue weighted by molar-refractivity contribution is 0.688. The van der Waals surface area contributed by atoms with E-state index < -0.39 is 0 Å². The highest BCUT2D eigenvalue weighted by atomic mass is 32.1. The third kappa shape index (κ3) is 2.87. The molecule has 2 aromatic heterocycles. The van der Waals surface area contributed by atoms with E-state index in [1.165, 1.54) is 9.88 Å². The number of rotatable bonds is 5. The lowest BCUT2D eigenvalue weighted by Crippen LogP contribution is -2.11. The summed E-state index contributed by atoms with van der Waals surface area (Å²) in [5, 5.41) is 4.54. The molecule has 0 bridgehead atoms. The summed E-state index contributed by atoms with van der Waals surface area (Å²) in [4.78, 5) is 12.6. The maximum Gasteiger partial charge on any atom is 0.0925 e. The van der Waals surface area contributed by atoms with Crippen molar-refractivity contribution in [3.05, 3.63) is 34.3 Å². The molecule has 0 fully saturated rings. The molecule has 2 heterocycles. The van der Waals surface area contributed by atoms with Gasteiger partial charge in [0.15, 0.2) is 0 Å². The monoisotopic (exact) mass is 222 g/mol. The molecule has 0 aliphatic heterocycles. The fourth-order valence-electron chi connectivity index (χ4n) is 1.29. The first-order valence-corrected chi connectivity index (χ1v) is 5.81. The molecule has 2 N–H and O–H groups in total. The van der Waals surface area contributed by atoms with E-state index in [0.717, 1.165) is 25.2 Å². The summed E-state index contributed by atoms with van der Waals surface area (Å²) >= 11 is 1.77. The van der Waals surface area contributed by atoms with Crippen LogP contribution >= 0.6 is 11.3 Å². The molecule has 0 aliphatic rings. The Kier molecular flexibility index (Phi) is 3.47. The number of hydrogen-bond donors (Lipinski definition) is 2. The van der Waals surface area contributed by atoms with Gasteiger partial charge < -0.3 is 10.3 Å². The molecular formula is C10H14N4S. The van der Waals surface area contributed by atoms with Crippen molar-refractivity contribution in [2.24, 2.45) is 0 Å². The van der Waals surface area contributed by atoms with Gasteiger partial charge in [0.2, 0.25) is 0 Å². The Morgan fingerprint density at radius 1 is 1.40 bits per heavy atom. The van der Waals surface area contributed by atoms with E-state index in [4.69, 9.17) is 0 Å². The number of aromatic nitrogens is 3. The number of H-pyrrole nitrogens is 1. The van der Waals surface area contributed by atoms with Gasteiger partial charge >= 0.3 is 0 Å². The van der Waals surface area contributed by atoms with Gasteiger partial charge in [-0.3, -0.25) is 0 Å². The minimum Gasteiger partial charge on any atom is -0.347 e. The minimum absolute atomic E-state index is 0.819. The lowest BCUT2D eigenvalue weighted by atomic mass is 10.4. The largest absolute Gasteiger partial charge is 0.347 e. The first-order valence-electron chi connectivity index (χ1n) is 5.00. The van der Waals surface area contributed by atoms with Gasteiger partial charge in [-0.15, -0.1) is 11.3 Å². The smallest absolute Gasteiger partial charge is 0.0925 e. The van der Waals surface area contributed by atoms with Crippen LogP contribution in [0.1, 0.15) is 22.5 Å². The molecule has 15 heavy (non-hydrogen) atoms. The van der Waals surface area contributed by atoms with Gasteiger partial charge in [-0.2, -0.15) is 0 Å². The van der Waals surface area contributed by atoms with Crippen molar-refractivity contribution < 1.29 is 0 Å². The number of nitrogens with one attached hydrogen (secondary N) is 2. The Bertz CT molecular complexity index is 393. The Labute approximate surface area is 92.8 Å². The number of imidazole rings is 1. The minimum atomic E-state index is 0.819. The first kappa shape index (κ1) is 10.3. The van der Waals surface area contributed by atoms with Crippen molar-refractivity contribution in [3.63, 3.8) is 0 Å². The SMILES string of the molecule is CCc1ncc(CNCc2cnc[nH]2)s1. The molecule has 0 spiro atoms. The third-order valence-electron chi connectivity index (χ3n) is 2.07. The van der Waals surface area contributed by atoms with Crippen LogP contribution in [0.15, 0.2) is 18.7 Å². The Morgan fingerprint density at radius 3 is 3.00 bits per heavy atom. The fraction of sp³-hybridized carbons (Fsp3) is 0.400. The molecular weight excluding hydrogens is 208 g/mol. The maximum absolute atomic E-state index is 4.31. The molecule has 0 saturated heterocycles. The summed E-state index contributed by atoms with van der Waals surface area (Å²) in [6.45, 7) is 3.82. The molecule has 80 valence electrons. The highest BCUT2D eigenvalue weighted by Gasteiger charge is 1.99. The van der Waals surface area contributed by atoms with Crippen LogP contribution in [0.3, 0.4) is 0 Å². The van der Waals surface area contributed by atoms with Crippen LogP contribution in [0.25, 0.3) is 0 Å². The molecule has 0 atom stereocenters. The molecule has 2 rings (SSSR count). The Balaban J connectivity index is 1.78. The van der Waals surface area contributed by atoms with E-state index in [9.17, 15) is 0 Å². The normalized spacial score (nSPS) is 10.7. The van der Waals surface area contributed by atoms with E-state index >= 15 is 0 Å². The van der Waals surface area contributed by atoms with Crippen LogP contribution < -0.4 is 5.32 Å².